The van der Waals surface area contributed by atoms with Gasteiger partial charge in [-0.3, -0.25) is 4.57 Å². The Labute approximate surface area is 152 Å². The van der Waals surface area contributed by atoms with Gasteiger partial charge >= 0.3 is 0 Å². The smallest absolute Gasteiger partial charge is 0.195 e. The van der Waals surface area contributed by atoms with E-state index < -0.39 is 9.84 Å². The van der Waals surface area contributed by atoms with Gasteiger partial charge in [0.05, 0.1) is 16.3 Å². The van der Waals surface area contributed by atoms with E-state index in [1.165, 1.54) is 11.8 Å². The van der Waals surface area contributed by atoms with Gasteiger partial charge in [-0.1, -0.05) is 48.2 Å². The minimum atomic E-state index is -3.29. The van der Waals surface area contributed by atoms with E-state index in [1.54, 1.807) is 30.3 Å². The first-order valence-corrected chi connectivity index (χ1v) is 10.5. The molecular weight excluding hydrogens is 354 g/mol. The summed E-state index contributed by atoms with van der Waals surface area (Å²) >= 11 is 1.40. The number of sulfone groups is 1. The Morgan fingerprint density at radius 1 is 0.960 bits per heavy atom. The quantitative estimate of drug-likeness (QED) is 0.619. The van der Waals surface area contributed by atoms with Gasteiger partial charge in [-0.2, -0.15) is 0 Å². The van der Waals surface area contributed by atoms with Crippen molar-refractivity contribution in [3.8, 4) is 5.69 Å². The van der Waals surface area contributed by atoms with Crippen molar-refractivity contribution in [2.24, 2.45) is 0 Å². The van der Waals surface area contributed by atoms with Crippen LogP contribution in [0, 0.1) is 13.8 Å². The van der Waals surface area contributed by atoms with Gasteiger partial charge in [0, 0.05) is 5.75 Å². The SMILES string of the molecule is Cc1ccccc1-n1c(C)nnc1SCCS(=O)(=O)c1ccccc1. The fourth-order valence-corrected chi connectivity index (χ4v) is 5.18. The van der Waals surface area contributed by atoms with Gasteiger partial charge in [0.1, 0.15) is 5.82 Å². The van der Waals surface area contributed by atoms with E-state index >= 15 is 0 Å². The summed E-state index contributed by atoms with van der Waals surface area (Å²) < 4.78 is 26.7. The Hall–Kier alpha value is -2.12. The summed E-state index contributed by atoms with van der Waals surface area (Å²) in [5, 5.41) is 9.06. The predicted molar refractivity (Wildman–Crippen MR) is 100 cm³/mol. The second kappa shape index (κ2) is 7.41. The predicted octanol–water partition coefficient (Wildman–Crippen LogP) is 3.45. The fourth-order valence-electron chi connectivity index (χ4n) is 2.52. The number of para-hydroxylation sites is 1. The zero-order valence-electron chi connectivity index (χ0n) is 14.1. The molecule has 1 heterocycles. The van der Waals surface area contributed by atoms with E-state index in [1.807, 2.05) is 42.7 Å². The maximum Gasteiger partial charge on any atom is 0.195 e. The molecule has 0 spiro atoms. The lowest BCUT2D eigenvalue weighted by molar-refractivity contribution is 0.597. The van der Waals surface area contributed by atoms with E-state index in [-0.39, 0.29) is 5.75 Å². The summed E-state index contributed by atoms with van der Waals surface area (Å²) in [5.41, 5.74) is 2.13. The van der Waals surface area contributed by atoms with Crippen molar-refractivity contribution >= 4 is 21.6 Å². The lowest BCUT2D eigenvalue weighted by atomic mass is 10.2. The van der Waals surface area contributed by atoms with Crippen molar-refractivity contribution in [3.05, 3.63) is 66.0 Å². The number of hydrogen-bond acceptors (Lipinski definition) is 5. The normalized spacial score (nSPS) is 11.6. The first-order chi connectivity index (χ1) is 12.0. The summed E-state index contributed by atoms with van der Waals surface area (Å²) in [5.74, 6) is 1.26. The second-order valence-corrected chi connectivity index (χ2v) is 8.80. The van der Waals surface area contributed by atoms with E-state index in [0.29, 0.717) is 15.8 Å². The summed E-state index contributed by atoms with van der Waals surface area (Å²) in [4.78, 5) is 0.354. The molecule has 0 bridgehead atoms. The largest absolute Gasteiger partial charge is 0.274 e. The first-order valence-electron chi connectivity index (χ1n) is 7.87. The van der Waals surface area contributed by atoms with Crippen molar-refractivity contribution in [2.45, 2.75) is 23.9 Å². The highest BCUT2D eigenvalue weighted by Crippen LogP contribution is 2.24. The third kappa shape index (κ3) is 3.93. The van der Waals surface area contributed by atoms with Crippen LogP contribution < -0.4 is 0 Å². The van der Waals surface area contributed by atoms with Crippen LogP contribution in [0.5, 0.6) is 0 Å². The molecule has 25 heavy (non-hydrogen) atoms. The van der Waals surface area contributed by atoms with Gasteiger partial charge < -0.3 is 0 Å². The van der Waals surface area contributed by atoms with Gasteiger partial charge in [0.15, 0.2) is 15.0 Å². The van der Waals surface area contributed by atoms with Crippen LogP contribution in [0.4, 0.5) is 0 Å². The minimum Gasteiger partial charge on any atom is -0.274 e. The molecule has 0 aliphatic heterocycles. The Kier molecular flexibility index (Phi) is 5.24. The zero-order chi connectivity index (χ0) is 17.9. The van der Waals surface area contributed by atoms with Gasteiger partial charge in [0.25, 0.3) is 0 Å². The average molecular weight is 374 g/mol. The molecule has 0 aliphatic carbocycles. The van der Waals surface area contributed by atoms with Crippen LogP contribution in [0.25, 0.3) is 5.69 Å². The molecule has 0 unspecified atom stereocenters. The van der Waals surface area contributed by atoms with E-state index in [0.717, 1.165) is 17.1 Å². The molecule has 0 radical (unpaired) electrons. The maximum absolute atomic E-state index is 12.4. The number of thioether (sulfide) groups is 1. The second-order valence-electron chi connectivity index (χ2n) is 5.63. The summed E-state index contributed by atoms with van der Waals surface area (Å²) in [6, 6.07) is 16.5. The zero-order valence-corrected chi connectivity index (χ0v) is 15.7. The van der Waals surface area contributed by atoms with Crippen molar-refractivity contribution in [1.82, 2.24) is 14.8 Å². The molecule has 0 saturated heterocycles. The van der Waals surface area contributed by atoms with Crippen LogP contribution in [-0.2, 0) is 9.84 Å². The summed E-state index contributed by atoms with van der Waals surface area (Å²) in [6.07, 6.45) is 0. The third-order valence-electron chi connectivity index (χ3n) is 3.84. The highest BCUT2D eigenvalue weighted by molar-refractivity contribution is 8.00. The number of aromatic nitrogens is 3. The molecule has 5 nitrogen and oxygen atoms in total. The summed E-state index contributed by atoms with van der Waals surface area (Å²) in [6.45, 7) is 3.92. The first kappa shape index (κ1) is 17.7. The molecule has 3 rings (SSSR count). The highest BCUT2D eigenvalue weighted by atomic mass is 32.2. The van der Waals surface area contributed by atoms with Crippen LogP contribution >= 0.6 is 11.8 Å². The van der Waals surface area contributed by atoms with Crippen molar-refractivity contribution in [2.75, 3.05) is 11.5 Å². The molecule has 0 aliphatic rings. The van der Waals surface area contributed by atoms with Gasteiger partial charge in [-0.05, 0) is 37.6 Å². The molecule has 2 aromatic carbocycles. The van der Waals surface area contributed by atoms with Crippen molar-refractivity contribution in [1.29, 1.82) is 0 Å². The lowest BCUT2D eigenvalue weighted by Crippen LogP contribution is -2.09. The molecule has 1 aromatic heterocycles. The Morgan fingerprint density at radius 3 is 2.36 bits per heavy atom. The number of nitrogens with zero attached hydrogens (tertiary/aromatic N) is 3. The van der Waals surface area contributed by atoms with Crippen LogP contribution in [-0.4, -0.2) is 34.7 Å². The molecule has 0 saturated carbocycles. The van der Waals surface area contributed by atoms with Gasteiger partial charge in [0.2, 0.25) is 0 Å². The van der Waals surface area contributed by atoms with E-state index in [4.69, 9.17) is 0 Å². The van der Waals surface area contributed by atoms with E-state index in [9.17, 15) is 8.42 Å². The minimum absolute atomic E-state index is 0.0569. The number of hydrogen-bond donors (Lipinski definition) is 0. The molecular formula is C18H19N3O2S2. The number of aryl methyl sites for hydroxylation is 2. The Bertz CT molecular complexity index is 967. The molecule has 3 aromatic rings. The molecule has 0 atom stereocenters. The van der Waals surface area contributed by atoms with Gasteiger partial charge in [-0.25, -0.2) is 8.42 Å². The molecule has 0 amide bonds. The van der Waals surface area contributed by atoms with Crippen LogP contribution in [0.1, 0.15) is 11.4 Å². The monoisotopic (exact) mass is 373 g/mol. The highest BCUT2D eigenvalue weighted by Gasteiger charge is 2.17. The van der Waals surface area contributed by atoms with Crippen LogP contribution in [0.2, 0.25) is 0 Å². The Morgan fingerprint density at radius 2 is 1.64 bits per heavy atom. The van der Waals surface area contributed by atoms with Crippen molar-refractivity contribution < 1.29 is 8.42 Å². The molecule has 0 N–H and O–H groups in total. The average Bonchev–Trinajstić information content (AvgIpc) is 2.97. The molecule has 0 fully saturated rings. The topological polar surface area (TPSA) is 64.8 Å². The third-order valence-corrected chi connectivity index (χ3v) is 6.76. The Balaban J connectivity index is 1.76. The fraction of sp³-hybridized carbons (Fsp3) is 0.222. The molecule has 7 heteroatoms. The summed E-state index contributed by atoms with van der Waals surface area (Å²) in [7, 11) is -3.29. The molecule has 130 valence electrons. The number of benzene rings is 2. The maximum atomic E-state index is 12.4. The van der Waals surface area contributed by atoms with Gasteiger partial charge in [-0.15, -0.1) is 10.2 Å². The standard InChI is InChI=1S/C18H19N3O2S2/c1-14-8-6-7-11-17(14)21-15(2)19-20-18(21)24-12-13-25(22,23)16-9-4-3-5-10-16/h3-11H,12-13H2,1-2H3. The van der Waals surface area contributed by atoms with Crippen molar-refractivity contribution in [3.63, 3.8) is 0 Å². The lowest BCUT2D eigenvalue weighted by Gasteiger charge is -2.11. The van der Waals surface area contributed by atoms with E-state index in [2.05, 4.69) is 10.2 Å². The van der Waals surface area contributed by atoms with Crippen LogP contribution in [0.3, 0.4) is 0 Å². The number of rotatable bonds is 6. The van der Waals surface area contributed by atoms with Crippen LogP contribution in [0.15, 0.2) is 64.6 Å².